The molecule has 0 aromatic heterocycles. The van der Waals surface area contributed by atoms with Crippen molar-refractivity contribution in [1.82, 2.24) is 0 Å². The topological polar surface area (TPSA) is 0 Å². The van der Waals surface area contributed by atoms with Gasteiger partial charge in [0.15, 0.2) is 0 Å². The molecule has 0 heterocycles. The van der Waals surface area contributed by atoms with Gasteiger partial charge in [-0.3, -0.25) is 0 Å². The Bertz CT molecular complexity index is 932. The van der Waals surface area contributed by atoms with Crippen LogP contribution in [-0.4, -0.2) is 0 Å². The molecule has 0 fully saturated rings. The van der Waals surface area contributed by atoms with Crippen molar-refractivity contribution in [3.8, 4) is 22.3 Å². The fourth-order valence-corrected chi connectivity index (χ4v) is 3.62. The van der Waals surface area contributed by atoms with E-state index in [9.17, 15) is 0 Å². The third kappa shape index (κ3) is 4.16. The van der Waals surface area contributed by atoms with Gasteiger partial charge >= 0.3 is 0 Å². The summed E-state index contributed by atoms with van der Waals surface area (Å²) >= 11 is 0. The number of hydrogen-bond acceptors (Lipinski definition) is 0. The predicted octanol–water partition coefficient (Wildman–Crippen LogP) is 7.92. The number of aryl methyl sites for hydroxylation is 1. The first-order valence-corrected chi connectivity index (χ1v) is 9.89. The molecule has 3 aromatic carbocycles. The van der Waals surface area contributed by atoms with Crippen LogP contribution in [0.3, 0.4) is 0 Å². The van der Waals surface area contributed by atoms with Crippen LogP contribution in [0.4, 0.5) is 0 Å². The maximum absolute atomic E-state index is 2.42. The Hall–Kier alpha value is -2.34. The molecule has 0 unspecified atom stereocenters. The van der Waals surface area contributed by atoms with Crippen molar-refractivity contribution in [2.45, 2.75) is 59.3 Å². The van der Waals surface area contributed by atoms with Crippen molar-refractivity contribution in [2.24, 2.45) is 0 Å². The molecule has 0 nitrogen and oxygen atoms in total. The molecule has 0 bridgehead atoms. The van der Waals surface area contributed by atoms with E-state index in [0.717, 1.165) is 0 Å². The van der Waals surface area contributed by atoms with E-state index in [1.807, 2.05) is 0 Å². The monoisotopic (exact) mass is 356 g/mol. The Morgan fingerprint density at radius 2 is 1.19 bits per heavy atom. The van der Waals surface area contributed by atoms with Crippen molar-refractivity contribution in [3.63, 3.8) is 0 Å². The van der Waals surface area contributed by atoms with E-state index in [2.05, 4.69) is 115 Å². The van der Waals surface area contributed by atoms with E-state index in [1.165, 1.54) is 38.9 Å². The molecule has 0 heteroatoms. The van der Waals surface area contributed by atoms with Gasteiger partial charge in [0.25, 0.3) is 0 Å². The van der Waals surface area contributed by atoms with Gasteiger partial charge in [0, 0.05) is 0 Å². The third-order valence-electron chi connectivity index (χ3n) is 5.24. The molecule has 0 aliphatic carbocycles. The van der Waals surface area contributed by atoms with Crippen molar-refractivity contribution < 1.29 is 0 Å². The van der Waals surface area contributed by atoms with Gasteiger partial charge in [0.05, 0.1) is 0 Å². The highest BCUT2D eigenvalue weighted by atomic mass is 14.3. The molecule has 27 heavy (non-hydrogen) atoms. The first-order chi connectivity index (χ1) is 12.6. The first kappa shape index (κ1) is 19.4. The lowest BCUT2D eigenvalue weighted by atomic mass is 9.76. The fraction of sp³-hybridized carbons (Fsp3) is 0.333. The van der Waals surface area contributed by atoms with Crippen molar-refractivity contribution in [1.29, 1.82) is 0 Å². The van der Waals surface area contributed by atoms with Crippen LogP contribution >= 0.6 is 0 Å². The van der Waals surface area contributed by atoms with Crippen LogP contribution in [-0.2, 0) is 10.8 Å². The van der Waals surface area contributed by atoms with Gasteiger partial charge in [0.1, 0.15) is 0 Å². The molecule has 0 aliphatic rings. The quantitative estimate of drug-likeness (QED) is 0.437. The van der Waals surface area contributed by atoms with E-state index < -0.39 is 0 Å². The lowest BCUT2D eigenvalue weighted by molar-refractivity contribution is 0.570. The van der Waals surface area contributed by atoms with E-state index in [1.54, 1.807) is 0 Å². The molecule has 140 valence electrons. The smallest absolute Gasteiger partial charge is 0.0102 e. The molecule has 3 aromatic rings. The zero-order valence-electron chi connectivity index (χ0n) is 17.9. The minimum absolute atomic E-state index is 0.0788. The molecule has 0 atom stereocenters. The van der Waals surface area contributed by atoms with Crippen LogP contribution in [0.2, 0.25) is 0 Å². The Labute approximate surface area is 165 Å². The summed E-state index contributed by atoms with van der Waals surface area (Å²) in [7, 11) is 0. The molecule has 0 amide bonds. The molecule has 0 saturated heterocycles. The predicted molar refractivity (Wildman–Crippen MR) is 119 cm³/mol. The van der Waals surface area contributed by atoms with Crippen LogP contribution in [0, 0.1) is 6.92 Å². The van der Waals surface area contributed by atoms with Gasteiger partial charge in [-0.15, -0.1) is 0 Å². The summed E-state index contributed by atoms with van der Waals surface area (Å²) < 4.78 is 0. The van der Waals surface area contributed by atoms with Crippen LogP contribution < -0.4 is 0 Å². The average Bonchev–Trinajstić information content (AvgIpc) is 2.60. The lowest BCUT2D eigenvalue weighted by Gasteiger charge is -2.28. The highest BCUT2D eigenvalue weighted by Crippen LogP contribution is 2.40. The first-order valence-electron chi connectivity index (χ1n) is 9.89. The largest absolute Gasteiger partial charge is 0.0622 e. The summed E-state index contributed by atoms with van der Waals surface area (Å²) in [6.45, 7) is 16.0. The minimum Gasteiger partial charge on any atom is -0.0622 e. The Kier molecular flexibility index (Phi) is 5.04. The van der Waals surface area contributed by atoms with Crippen LogP contribution in [0.25, 0.3) is 22.3 Å². The number of rotatable bonds is 2. The maximum atomic E-state index is 2.42. The van der Waals surface area contributed by atoms with Gasteiger partial charge in [-0.05, 0) is 51.1 Å². The molecule has 3 rings (SSSR count). The summed E-state index contributed by atoms with van der Waals surface area (Å²) in [5.74, 6) is 0. The van der Waals surface area contributed by atoms with Gasteiger partial charge in [0.2, 0.25) is 0 Å². The summed E-state index contributed by atoms with van der Waals surface area (Å²) in [5, 5.41) is 0. The molecule has 0 saturated carbocycles. The molecular formula is C27H32. The molecule has 0 N–H and O–H groups in total. The number of benzene rings is 3. The van der Waals surface area contributed by atoms with Gasteiger partial charge < -0.3 is 0 Å². The summed E-state index contributed by atoms with van der Waals surface area (Å²) in [6, 6.07) is 24.6. The zero-order chi connectivity index (χ0) is 19.8. The second-order valence-corrected chi connectivity index (χ2v) is 9.68. The van der Waals surface area contributed by atoms with Gasteiger partial charge in [-0.2, -0.15) is 0 Å². The van der Waals surface area contributed by atoms with Gasteiger partial charge in [-0.25, -0.2) is 0 Å². The van der Waals surface area contributed by atoms with Gasteiger partial charge in [-0.1, -0.05) is 114 Å². The van der Waals surface area contributed by atoms with Crippen LogP contribution in [0.15, 0.2) is 66.7 Å². The van der Waals surface area contributed by atoms with E-state index >= 15 is 0 Å². The SMILES string of the molecule is Cc1ccc(-c2ccc(C(C)(C)C)cc2C(C)(C)C)c(-c2ccccc2)c1. The van der Waals surface area contributed by atoms with Crippen molar-refractivity contribution in [2.75, 3.05) is 0 Å². The average molecular weight is 357 g/mol. The summed E-state index contributed by atoms with van der Waals surface area (Å²) in [4.78, 5) is 0. The Morgan fingerprint density at radius 1 is 0.556 bits per heavy atom. The lowest BCUT2D eigenvalue weighted by Crippen LogP contribution is -2.17. The molecule has 0 aliphatic heterocycles. The second-order valence-electron chi connectivity index (χ2n) is 9.68. The van der Waals surface area contributed by atoms with Crippen LogP contribution in [0.5, 0.6) is 0 Å². The normalized spacial score (nSPS) is 12.3. The van der Waals surface area contributed by atoms with Crippen LogP contribution in [0.1, 0.15) is 58.2 Å². The summed E-state index contributed by atoms with van der Waals surface area (Å²) in [6.07, 6.45) is 0. The van der Waals surface area contributed by atoms with Crippen molar-refractivity contribution in [3.05, 3.63) is 83.4 Å². The van der Waals surface area contributed by atoms with E-state index in [4.69, 9.17) is 0 Å². The highest BCUT2D eigenvalue weighted by molar-refractivity contribution is 5.86. The maximum Gasteiger partial charge on any atom is -0.0102 e. The zero-order valence-corrected chi connectivity index (χ0v) is 17.9. The Balaban J connectivity index is 2.29. The molecule has 0 radical (unpaired) electrons. The molecule has 0 spiro atoms. The van der Waals surface area contributed by atoms with E-state index in [0.29, 0.717) is 0 Å². The summed E-state index contributed by atoms with van der Waals surface area (Å²) in [5.41, 5.74) is 9.57. The standard InChI is InChI=1S/C27H32/c1-19-13-15-22(24(17-19)20-11-9-8-10-12-20)23-16-14-21(26(2,3)4)18-25(23)27(5,6)7/h8-18H,1-7H3. The van der Waals surface area contributed by atoms with E-state index in [-0.39, 0.29) is 10.8 Å². The van der Waals surface area contributed by atoms with Crippen molar-refractivity contribution >= 4 is 0 Å². The second kappa shape index (κ2) is 7.00. The fourth-order valence-electron chi connectivity index (χ4n) is 3.62. The molecular weight excluding hydrogens is 324 g/mol. The number of hydrogen-bond donors (Lipinski definition) is 0. The minimum atomic E-state index is 0.0788. The Morgan fingerprint density at radius 3 is 1.78 bits per heavy atom. The highest BCUT2D eigenvalue weighted by Gasteiger charge is 2.24. The third-order valence-corrected chi connectivity index (χ3v) is 5.24.